The van der Waals surface area contributed by atoms with Gasteiger partial charge in [-0.05, 0) is 36.4 Å². The molecule has 31 heavy (non-hydrogen) atoms. The van der Waals surface area contributed by atoms with E-state index in [4.69, 9.17) is 5.73 Å². The second kappa shape index (κ2) is 8.15. The van der Waals surface area contributed by atoms with Crippen LogP contribution in [-0.4, -0.2) is 26.3 Å². The minimum Gasteiger partial charge on any atom is -0.365 e. The Morgan fingerprint density at radius 3 is 2.58 bits per heavy atom. The van der Waals surface area contributed by atoms with E-state index in [2.05, 4.69) is 25.9 Å². The molecule has 0 saturated heterocycles. The monoisotopic (exact) mass is 415 g/mol. The van der Waals surface area contributed by atoms with Gasteiger partial charge in [0, 0.05) is 54.3 Å². The van der Waals surface area contributed by atoms with Crippen LogP contribution in [0.3, 0.4) is 0 Å². The standard InChI is InChI=1S/C22H21N7O2/c1-13(30)25-14-5-3-6-15(11-14)26-22-24-12-17(20(23)31)21(28-22)27-18-7-4-8-19-16(18)9-10-29(19)2/h3-12H,1-2H3,(H2,23,31)(H,25,30)(H2,24,26,27,28). The van der Waals surface area contributed by atoms with Gasteiger partial charge < -0.3 is 26.3 Å². The first-order chi connectivity index (χ1) is 14.9. The zero-order valence-corrected chi connectivity index (χ0v) is 17.0. The molecule has 156 valence electrons. The lowest BCUT2D eigenvalue weighted by molar-refractivity contribution is -0.114. The Kier molecular flexibility index (Phi) is 5.23. The Bertz CT molecular complexity index is 1300. The molecule has 9 heteroatoms. The van der Waals surface area contributed by atoms with Crippen LogP contribution in [0.5, 0.6) is 0 Å². The highest BCUT2D eigenvalue weighted by atomic mass is 16.1. The second-order valence-electron chi connectivity index (χ2n) is 7.00. The van der Waals surface area contributed by atoms with E-state index in [0.717, 1.165) is 16.6 Å². The first-order valence-corrected chi connectivity index (χ1v) is 9.53. The maximum atomic E-state index is 11.9. The molecule has 0 atom stereocenters. The number of aryl methyl sites for hydroxylation is 1. The molecular formula is C22H21N7O2. The normalized spacial score (nSPS) is 10.6. The number of carbonyl (C=O) groups is 2. The molecular weight excluding hydrogens is 394 g/mol. The molecule has 2 amide bonds. The average molecular weight is 415 g/mol. The fourth-order valence-electron chi connectivity index (χ4n) is 3.26. The highest BCUT2D eigenvalue weighted by molar-refractivity contribution is 6.00. The molecule has 0 radical (unpaired) electrons. The van der Waals surface area contributed by atoms with Crippen molar-refractivity contribution in [1.29, 1.82) is 0 Å². The number of primary amides is 1. The topological polar surface area (TPSA) is 127 Å². The van der Waals surface area contributed by atoms with Gasteiger partial charge >= 0.3 is 0 Å². The number of carbonyl (C=O) groups excluding carboxylic acids is 2. The summed E-state index contributed by atoms with van der Waals surface area (Å²) < 4.78 is 2.00. The molecule has 4 aromatic rings. The van der Waals surface area contributed by atoms with Crippen LogP contribution in [0, 0.1) is 0 Å². The Labute approximate surface area is 178 Å². The van der Waals surface area contributed by atoms with Crippen LogP contribution in [-0.2, 0) is 11.8 Å². The predicted octanol–water partition coefficient (Wildman–Crippen LogP) is 3.51. The van der Waals surface area contributed by atoms with Crippen LogP contribution in [0.1, 0.15) is 17.3 Å². The Morgan fingerprint density at radius 1 is 1.03 bits per heavy atom. The van der Waals surface area contributed by atoms with Crippen molar-refractivity contribution in [2.45, 2.75) is 6.92 Å². The molecule has 0 spiro atoms. The van der Waals surface area contributed by atoms with Crippen molar-refractivity contribution in [2.24, 2.45) is 12.8 Å². The zero-order valence-electron chi connectivity index (χ0n) is 17.0. The second-order valence-corrected chi connectivity index (χ2v) is 7.00. The summed E-state index contributed by atoms with van der Waals surface area (Å²) in [5.41, 5.74) is 8.84. The third kappa shape index (κ3) is 4.30. The quantitative estimate of drug-likeness (QED) is 0.382. The first kappa shape index (κ1) is 19.9. The van der Waals surface area contributed by atoms with Crippen LogP contribution in [0.2, 0.25) is 0 Å². The van der Waals surface area contributed by atoms with E-state index in [1.165, 1.54) is 13.1 Å². The number of hydrogen-bond donors (Lipinski definition) is 4. The molecule has 5 N–H and O–H groups in total. The molecule has 0 bridgehead atoms. The van der Waals surface area contributed by atoms with Gasteiger partial charge in [0.15, 0.2) is 0 Å². The molecule has 0 fully saturated rings. The first-order valence-electron chi connectivity index (χ1n) is 9.53. The third-order valence-corrected chi connectivity index (χ3v) is 4.67. The average Bonchev–Trinajstić information content (AvgIpc) is 3.10. The lowest BCUT2D eigenvalue weighted by atomic mass is 10.2. The largest absolute Gasteiger partial charge is 0.365 e. The van der Waals surface area contributed by atoms with Crippen LogP contribution in [0.15, 0.2) is 60.9 Å². The SMILES string of the molecule is CC(=O)Nc1cccc(Nc2ncc(C(N)=O)c(Nc3cccc4c3ccn4C)n2)c1. The predicted molar refractivity (Wildman–Crippen MR) is 121 cm³/mol. The Hall–Kier alpha value is -4.40. The number of hydrogen-bond acceptors (Lipinski definition) is 6. The van der Waals surface area contributed by atoms with E-state index in [0.29, 0.717) is 17.2 Å². The van der Waals surface area contributed by atoms with Gasteiger partial charge in [0.2, 0.25) is 11.9 Å². The summed E-state index contributed by atoms with van der Waals surface area (Å²) in [5.74, 6) is -0.241. The number of aromatic nitrogens is 3. The number of anilines is 5. The van der Waals surface area contributed by atoms with Crippen LogP contribution in [0.25, 0.3) is 10.9 Å². The van der Waals surface area contributed by atoms with E-state index < -0.39 is 5.91 Å². The number of amides is 2. The molecule has 0 aliphatic heterocycles. The van der Waals surface area contributed by atoms with E-state index in [1.807, 2.05) is 48.1 Å². The van der Waals surface area contributed by atoms with Crippen molar-refractivity contribution >= 4 is 51.5 Å². The van der Waals surface area contributed by atoms with Crippen molar-refractivity contribution in [3.05, 3.63) is 66.5 Å². The summed E-state index contributed by atoms with van der Waals surface area (Å²) in [5, 5.41) is 10.00. The summed E-state index contributed by atoms with van der Waals surface area (Å²) in [6.45, 7) is 1.44. The number of nitrogens with zero attached hydrogens (tertiary/aromatic N) is 3. The Morgan fingerprint density at radius 2 is 1.81 bits per heavy atom. The van der Waals surface area contributed by atoms with Gasteiger partial charge in [-0.3, -0.25) is 9.59 Å². The highest BCUT2D eigenvalue weighted by Gasteiger charge is 2.14. The fourth-order valence-corrected chi connectivity index (χ4v) is 3.26. The van der Waals surface area contributed by atoms with E-state index in [1.54, 1.807) is 18.2 Å². The summed E-state index contributed by atoms with van der Waals surface area (Å²) in [6, 6.07) is 14.9. The molecule has 2 aromatic carbocycles. The molecule has 0 aliphatic carbocycles. The Balaban J connectivity index is 1.67. The third-order valence-electron chi connectivity index (χ3n) is 4.67. The molecule has 2 aromatic heterocycles. The van der Waals surface area contributed by atoms with Gasteiger partial charge in [0.1, 0.15) is 11.4 Å². The molecule has 0 unspecified atom stereocenters. The maximum Gasteiger partial charge on any atom is 0.254 e. The summed E-state index contributed by atoms with van der Waals surface area (Å²) in [6.07, 6.45) is 3.34. The minimum atomic E-state index is -0.637. The van der Waals surface area contributed by atoms with Gasteiger partial charge in [-0.25, -0.2) is 4.98 Å². The van der Waals surface area contributed by atoms with E-state index in [9.17, 15) is 9.59 Å². The summed E-state index contributed by atoms with van der Waals surface area (Å²) in [7, 11) is 1.96. The van der Waals surface area contributed by atoms with Crippen molar-refractivity contribution in [3.63, 3.8) is 0 Å². The van der Waals surface area contributed by atoms with Crippen LogP contribution < -0.4 is 21.7 Å². The number of fused-ring (bicyclic) bond motifs is 1. The van der Waals surface area contributed by atoms with Gasteiger partial charge in [0.05, 0.1) is 0 Å². The molecule has 2 heterocycles. The lowest BCUT2D eigenvalue weighted by Gasteiger charge is -2.13. The molecule has 0 saturated carbocycles. The van der Waals surface area contributed by atoms with Crippen molar-refractivity contribution in [3.8, 4) is 0 Å². The van der Waals surface area contributed by atoms with E-state index >= 15 is 0 Å². The van der Waals surface area contributed by atoms with Crippen LogP contribution in [0.4, 0.5) is 28.8 Å². The smallest absolute Gasteiger partial charge is 0.254 e. The van der Waals surface area contributed by atoms with Gasteiger partial charge in [-0.15, -0.1) is 0 Å². The molecule has 9 nitrogen and oxygen atoms in total. The maximum absolute atomic E-state index is 11.9. The number of rotatable bonds is 6. The van der Waals surface area contributed by atoms with Gasteiger partial charge in [0.25, 0.3) is 5.91 Å². The molecule has 4 rings (SSSR count). The zero-order chi connectivity index (χ0) is 22.0. The summed E-state index contributed by atoms with van der Waals surface area (Å²) >= 11 is 0. The van der Waals surface area contributed by atoms with E-state index in [-0.39, 0.29) is 17.4 Å². The van der Waals surface area contributed by atoms with Crippen molar-refractivity contribution in [2.75, 3.05) is 16.0 Å². The fraction of sp³-hybridized carbons (Fsp3) is 0.0909. The van der Waals surface area contributed by atoms with Crippen molar-refractivity contribution < 1.29 is 9.59 Å². The summed E-state index contributed by atoms with van der Waals surface area (Å²) in [4.78, 5) is 31.9. The number of nitrogens with two attached hydrogens (primary N) is 1. The van der Waals surface area contributed by atoms with Crippen LogP contribution >= 0.6 is 0 Å². The van der Waals surface area contributed by atoms with Gasteiger partial charge in [-0.2, -0.15) is 4.98 Å². The van der Waals surface area contributed by atoms with Gasteiger partial charge in [-0.1, -0.05) is 12.1 Å². The van der Waals surface area contributed by atoms with Crippen molar-refractivity contribution in [1.82, 2.24) is 14.5 Å². The minimum absolute atomic E-state index is 0.166. The lowest BCUT2D eigenvalue weighted by Crippen LogP contribution is -2.15. The number of benzene rings is 2. The molecule has 0 aliphatic rings. The highest BCUT2D eigenvalue weighted by Crippen LogP contribution is 2.28. The number of nitrogens with one attached hydrogen (secondary N) is 3.